The molecule has 2 aliphatic carbocycles. The van der Waals surface area contributed by atoms with Gasteiger partial charge in [-0.2, -0.15) is 0 Å². The van der Waals surface area contributed by atoms with Crippen LogP contribution in [0.5, 0.6) is 0 Å². The SMILES string of the molecule is Cc1ccc(CCC(=O)N(C2CCCCC2)C(C)(C)COC(C)(C)NC2CCCCC2)cc1. The van der Waals surface area contributed by atoms with Crippen LogP contribution in [-0.4, -0.2) is 40.8 Å². The molecule has 186 valence electrons. The van der Waals surface area contributed by atoms with Crippen molar-refractivity contribution in [2.45, 2.75) is 135 Å². The Morgan fingerprint density at radius 1 is 0.939 bits per heavy atom. The van der Waals surface area contributed by atoms with Crippen LogP contribution in [0.15, 0.2) is 24.3 Å². The van der Waals surface area contributed by atoms with Gasteiger partial charge < -0.3 is 9.64 Å². The highest BCUT2D eigenvalue weighted by Crippen LogP contribution is 2.31. The molecule has 0 saturated heterocycles. The number of rotatable bonds is 10. The number of nitrogens with zero attached hydrogens (tertiary/aromatic N) is 1. The average Bonchev–Trinajstić information content (AvgIpc) is 2.79. The van der Waals surface area contributed by atoms with Gasteiger partial charge in [0.05, 0.1) is 12.1 Å². The average molecular weight is 457 g/mol. The largest absolute Gasteiger partial charge is 0.359 e. The van der Waals surface area contributed by atoms with Gasteiger partial charge >= 0.3 is 0 Å². The number of ether oxygens (including phenoxy) is 1. The first kappa shape index (κ1) is 26.2. The number of aryl methyl sites for hydroxylation is 2. The van der Waals surface area contributed by atoms with E-state index in [-0.39, 0.29) is 17.2 Å². The van der Waals surface area contributed by atoms with Crippen molar-refractivity contribution >= 4 is 5.91 Å². The molecule has 1 amide bonds. The van der Waals surface area contributed by atoms with E-state index in [2.05, 4.69) is 69.1 Å². The molecule has 1 aromatic carbocycles. The summed E-state index contributed by atoms with van der Waals surface area (Å²) < 4.78 is 6.49. The summed E-state index contributed by atoms with van der Waals surface area (Å²) in [4.78, 5) is 15.8. The van der Waals surface area contributed by atoms with E-state index < -0.39 is 0 Å². The highest BCUT2D eigenvalue weighted by atomic mass is 16.5. The van der Waals surface area contributed by atoms with Gasteiger partial charge in [-0.3, -0.25) is 10.1 Å². The van der Waals surface area contributed by atoms with Crippen molar-refractivity contribution < 1.29 is 9.53 Å². The summed E-state index contributed by atoms with van der Waals surface area (Å²) in [6.07, 6.45) is 13.8. The van der Waals surface area contributed by atoms with Crippen LogP contribution >= 0.6 is 0 Å². The Morgan fingerprint density at radius 3 is 2.12 bits per heavy atom. The summed E-state index contributed by atoms with van der Waals surface area (Å²) in [5.41, 5.74) is 1.78. The standard InChI is InChI=1S/C29H48N2O2/c1-23-16-18-24(19-17-23)20-21-27(32)31(26-14-10-7-11-15-26)28(2,3)22-33-29(4,5)30-25-12-8-6-9-13-25/h16-19,25-26,30H,6-15,20-22H2,1-5H3. The summed E-state index contributed by atoms with van der Waals surface area (Å²) in [6, 6.07) is 9.46. The van der Waals surface area contributed by atoms with E-state index in [4.69, 9.17) is 4.74 Å². The topological polar surface area (TPSA) is 41.6 Å². The predicted molar refractivity (Wildman–Crippen MR) is 137 cm³/mol. The molecule has 0 spiro atoms. The number of carbonyl (C=O) groups excluding carboxylic acids is 1. The van der Waals surface area contributed by atoms with Crippen LogP contribution in [0.3, 0.4) is 0 Å². The Morgan fingerprint density at radius 2 is 1.52 bits per heavy atom. The van der Waals surface area contributed by atoms with Gasteiger partial charge in [0.15, 0.2) is 0 Å². The summed E-state index contributed by atoms with van der Waals surface area (Å²) >= 11 is 0. The van der Waals surface area contributed by atoms with Crippen molar-refractivity contribution in [3.63, 3.8) is 0 Å². The molecule has 0 aliphatic heterocycles. The molecule has 0 unspecified atom stereocenters. The first-order valence-electron chi connectivity index (χ1n) is 13.5. The molecule has 4 nitrogen and oxygen atoms in total. The van der Waals surface area contributed by atoms with E-state index in [0.29, 0.717) is 25.1 Å². The van der Waals surface area contributed by atoms with Crippen LogP contribution in [0, 0.1) is 6.92 Å². The summed E-state index contributed by atoms with van der Waals surface area (Å²) in [6.45, 7) is 11.3. The van der Waals surface area contributed by atoms with Gasteiger partial charge in [0.2, 0.25) is 5.91 Å². The van der Waals surface area contributed by atoms with Gasteiger partial charge in [0.1, 0.15) is 5.72 Å². The maximum Gasteiger partial charge on any atom is 0.223 e. The number of hydrogen-bond donors (Lipinski definition) is 1. The lowest BCUT2D eigenvalue weighted by Crippen LogP contribution is -2.58. The fourth-order valence-corrected chi connectivity index (χ4v) is 5.71. The Balaban J connectivity index is 1.64. The maximum absolute atomic E-state index is 13.6. The third kappa shape index (κ3) is 8.10. The van der Waals surface area contributed by atoms with Crippen molar-refractivity contribution in [2.75, 3.05) is 6.61 Å². The first-order chi connectivity index (χ1) is 15.7. The molecule has 4 heteroatoms. The van der Waals surface area contributed by atoms with Crippen LogP contribution in [0.2, 0.25) is 0 Å². The fourth-order valence-electron chi connectivity index (χ4n) is 5.71. The van der Waals surface area contributed by atoms with Gasteiger partial charge in [-0.05, 0) is 72.3 Å². The molecule has 0 atom stereocenters. The first-order valence-corrected chi connectivity index (χ1v) is 13.5. The van der Waals surface area contributed by atoms with Crippen molar-refractivity contribution in [3.05, 3.63) is 35.4 Å². The number of hydrogen-bond acceptors (Lipinski definition) is 3. The molecule has 3 rings (SSSR count). The summed E-state index contributed by atoms with van der Waals surface area (Å²) in [5, 5.41) is 3.74. The molecule has 2 aliphatic rings. The fraction of sp³-hybridized carbons (Fsp3) is 0.759. The highest BCUT2D eigenvalue weighted by Gasteiger charge is 2.38. The minimum Gasteiger partial charge on any atom is -0.359 e. The number of benzene rings is 1. The van der Waals surface area contributed by atoms with Gasteiger partial charge in [-0.15, -0.1) is 0 Å². The molecule has 0 radical (unpaired) electrons. The van der Waals surface area contributed by atoms with Gasteiger partial charge in [-0.25, -0.2) is 0 Å². The van der Waals surface area contributed by atoms with E-state index in [1.807, 2.05) is 0 Å². The Labute approximate surface area is 202 Å². The van der Waals surface area contributed by atoms with E-state index in [9.17, 15) is 4.79 Å². The second-order valence-corrected chi connectivity index (χ2v) is 11.6. The minimum atomic E-state index is -0.386. The number of amides is 1. The van der Waals surface area contributed by atoms with Crippen molar-refractivity contribution in [1.82, 2.24) is 10.2 Å². The smallest absolute Gasteiger partial charge is 0.223 e. The lowest BCUT2D eigenvalue weighted by atomic mass is 9.89. The lowest BCUT2D eigenvalue weighted by molar-refractivity contribution is -0.150. The molecule has 2 fully saturated rings. The van der Waals surface area contributed by atoms with Crippen LogP contribution in [-0.2, 0) is 16.0 Å². The van der Waals surface area contributed by atoms with Crippen LogP contribution in [0.1, 0.15) is 109 Å². The van der Waals surface area contributed by atoms with Gasteiger partial charge in [0.25, 0.3) is 0 Å². The monoisotopic (exact) mass is 456 g/mol. The van der Waals surface area contributed by atoms with Crippen molar-refractivity contribution in [3.8, 4) is 0 Å². The molecular weight excluding hydrogens is 408 g/mol. The lowest BCUT2D eigenvalue weighted by Gasteiger charge is -2.46. The second kappa shape index (κ2) is 11.8. The minimum absolute atomic E-state index is 0.272. The van der Waals surface area contributed by atoms with E-state index >= 15 is 0 Å². The van der Waals surface area contributed by atoms with E-state index in [0.717, 1.165) is 19.3 Å². The van der Waals surface area contributed by atoms with Gasteiger partial charge in [-0.1, -0.05) is 68.4 Å². The zero-order valence-electron chi connectivity index (χ0n) is 21.9. The molecule has 0 aromatic heterocycles. The summed E-state index contributed by atoms with van der Waals surface area (Å²) in [5.74, 6) is 0.272. The molecule has 1 N–H and O–H groups in total. The van der Waals surface area contributed by atoms with Crippen LogP contribution in [0.25, 0.3) is 0 Å². The Kier molecular flexibility index (Phi) is 9.41. The normalized spacial score (nSPS) is 18.9. The van der Waals surface area contributed by atoms with Crippen LogP contribution in [0.4, 0.5) is 0 Å². The van der Waals surface area contributed by atoms with Crippen molar-refractivity contribution in [2.24, 2.45) is 0 Å². The van der Waals surface area contributed by atoms with Crippen LogP contribution < -0.4 is 5.32 Å². The van der Waals surface area contributed by atoms with E-state index in [1.54, 1.807) is 0 Å². The highest BCUT2D eigenvalue weighted by molar-refractivity contribution is 5.77. The Hall–Kier alpha value is -1.39. The Bertz CT molecular complexity index is 728. The quantitative estimate of drug-likeness (QED) is 0.406. The molecule has 0 bridgehead atoms. The number of nitrogens with one attached hydrogen (secondary N) is 1. The molecule has 2 saturated carbocycles. The summed E-state index contributed by atoms with van der Waals surface area (Å²) in [7, 11) is 0. The third-order valence-electron chi connectivity index (χ3n) is 7.55. The maximum atomic E-state index is 13.6. The molecular formula is C29H48N2O2. The predicted octanol–water partition coefficient (Wildman–Crippen LogP) is 6.54. The zero-order valence-corrected chi connectivity index (χ0v) is 21.9. The third-order valence-corrected chi connectivity index (χ3v) is 7.55. The second-order valence-electron chi connectivity index (χ2n) is 11.6. The number of carbonyl (C=O) groups is 1. The zero-order chi connectivity index (χ0) is 23.9. The van der Waals surface area contributed by atoms with Crippen molar-refractivity contribution in [1.29, 1.82) is 0 Å². The molecule has 33 heavy (non-hydrogen) atoms. The molecule has 1 aromatic rings. The van der Waals surface area contributed by atoms with Gasteiger partial charge in [0, 0.05) is 18.5 Å². The van der Waals surface area contributed by atoms with E-state index in [1.165, 1.54) is 62.5 Å². The molecule has 0 heterocycles.